The first-order valence-electron chi connectivity index (χ1n) is 7.33. The number of carboxylic acid groups (broad SMARTS) is 4. The molecule has 0 unspecified atom stereocenters. The molecule has 27 heavy (non-hydrogen) atoms. The van der Waals surface area contributed by atoms with E-state index >= 15 is 0 Å². The van der Waals surface area contributed by atoms with Gasteiger partial charge in [-0.1, -0.05) is 0 Å². The lowest BCUT2D eigenvalue weighted by atomic mass is 10.1. The maximum absolute atomic E-state index is 11.8. The first-order valence-corrected chi connectivity index (χ1v) is 7.97. The van der Waals surface area contributed by atoms with Gasteiger partial charge in [-0.2, -0.15) is 12.6 Å². The molecule has 14 heteroatoms. The van der Waals surface area contributed by atoms with Crippen LogP contribution >= 0.6 is 12.6 Å². The molecule has 0 radical (unpaired) electrons. The predicted molar refractivity (Wildman–Crippen MR) is 89.3 cm³/mol. The van der Waals surface area contributed by atoms with Crippen molar-refractivity contribution in [3.8, 4) is 0 Å². The quantitative estimate of drug-likeness (QED) is 0.113. The fourth-order valence-electron chi connectivity index (χ4n) is 1.75. The number of thiol groups is 1. The minimum atomic E-state index is -2.18. The zero-order chi connectivity index (χ0) is 21.1. The van der Waals surface area contributed by atoms with Crippen molar-refractivity contribution < 1.29 is 49.2 Å². The molecule has 0 saturated carbocycles. The highest BCUT2D eigenvalue weighted by atomic mass is 32.1. The lowest BCUT2D eigenvalue weighted by molar-refractivity contribution is -0.152. The summed E-state index contributed by atoms with van der Waals surface area (Å²) in [4.78, 5) is 66.6. The van der Waals surface area contributed by atoms with Gasteiger partial charge in [-0.15, -0.1) is 0 Å². The molecule has 0 aromatic heterocycles. The Bertz CT molecular complexity index is 597. The van der Waals surface area contributed by atoms with Crippen molar-refractivity contribution in [3.05, 3.63) is 0 Å². The Balaban J connectivity index is 4.74. The van der Waals surface area contributed by atoms with Gasteiger partial charge < -0.3 is 31.1 Å². The number of carbonyl (C=O) groups is 6. The van der Waals surface area contributed by atoms with Crippen molar-refractivity contribution in [1.82, 2.24) is 16.0 Å². The number of carbonyl (C=O) groups excluding carboxylic acids is 2. The van der Waals surface area contributed by atoms with Crippen LogP contribution in [0.5, 0.6) is 0 Å². The standard InChI is InChI=1S/C13H19N3O10S/c17-7(15-6(4-27)10(20)14-3-8(18)19)2-1-5(11(21)22)16-9(12(23)24)13(25)26/h5-6,9,16,27H,1-4H2,(H,14,20)(H,15,17)(H,18,19)(H,21,22)(H,23,24)(H,25,26)/t5-,6-/m0/s1. The van der Waals surface area contributed by atoms with Crippen molar-refractivity contribution in [2.75, 3.05) is 12.3 Å². The Labute approximate surface area is 157 Å². The van der Waals surface area contributed by atoms with Crippen molar-refractivity contribution in [2.45, 2.75) is 31.0 Å². The van der Waals surface area contributed by atoms with E-state index in [1.54, 1.807) is 0 Å². The third-order valence-electron chi connectivity index (χ3n) is 3.07. The van der Waals surface area contributed by atoms with Crippen LogP contribution in [-0.4, -0.2) is 86.5 Å². The topological polar surface area (TPSA) is 219 Å². The molecule has 0 aromatic carbocycles. The average molecular weight is 409 g/mol. The third-order valence-corrected chi connectivity index (χ3v) is 3.43. The lowest BCUT2D eigenvalue weighted by Gasteiger charge is -2.19. The molecule has 0 aromatic rings. The first kappa shape index (κ1) is 24.1. The second kappa shape index (κ2) is 11.7. The van der Waals surface area contributed by atoms with Gasteiger partial charge in [-0.25, -0.2) is 9.59 Å². The van der Waals surface area contributed by atoms with Crippen LogP contribution in [0, 0.1) is 0 Å². The third kappa shape index (κ3) is 9.41. The van der Waals surface area contributed by atoms with Gasteiger partial charge in [0.25, 0.3) is 0 Å². The first-order chi connectivity index (χ1) is 12.5. The fourth-order valence-corrected chi connectivity index (χ4v) is 2.01. The molecule has 0 bridgehead atoms. The van der Waals surface area contributed by atoms with E-state index in [0.29, 0.717) is 0 Å². The van der Waals surface area contributed by atoms with E-state index in [2.05, 4.69) is 17.9 Å². The number of rotatable bonds is 13. The van der Waals surface area contributed by atoms with Gasteiger partial charge in [0.2, 0.25) is 17.9 Å². The minimum Gasteiger partial charge on any atom is -0.480 e. The highest BCUT2D eigenvalue weighted by molar-refractivity contribution is 7.80. The van der Waals surface area contributed by atoms with Gasteiger partial charge in [0.1, 0.15) is 18.6 Å². The van der Waals surface area contributed by atoms with Crippen LogP contribution < -0.4 is 16.0 Å². The van der Waals surface area contributed by atoms with Crippen LogP contribution in [0.4, 0.5) is 0 Å². The molecule has 13 nitrogen and oxygen atoms in total. The molecule has 0 fully saturated rings. The Morgan fingerprint density at radius 1 is 0.852 bits per heavy atom. The van der Waals surface area contributed by atoms with Gasteiger partial charge in [-0.05, 0) is 6.42 Å². The van der Waals surface area contributed by atoms with Crippen LogP contribution in [0.1, 0.15) is 12.8 Å². The fraction of sp³-hybridized carbons (Fsp3) is 0.538. The number of aliphatic carboxylic acids is 4. The molecule has 2 amide bonds. The largest absolute Gasteiger partial charge is 0.480 e. The Kier molecular flexibility index (Phi) is 10.4. The van der Waals surface area contributed by atoms with Crippen molar-refractivity contribution in [1.29, 1.82) is 0 Å². The summed E-state index contributed by atoms with van der Waals surface area (Å²) in [6.45, 7) is -0.671. The van der Waals surface area contributed by atoms with Crippen LogP contribution in [-0.2, 0) is 28.8 Å². The summed E-state index contributed by atoms with van der Waals surface area (Å²) in [5.41, 5.74) is 0. The Morgan fingerprint density at radius 3 is 1.81 bits per heavy atom. The summed E-state index contributed by atoms with van der Waals surface area (Å²) in [5, 5.41) is 41.1. The summed E-state index contributed by atoms with van der Waals surface area (Å²) < 4.78 is 0. The van der Waals surface area contributed by atoms with E-state index in [4.69, 9.17) is 20.4 Å². The summed E-state index contributed by atoms with van der Waals surface area (Å²) in [5.74, 6) is -8.25. The maximum atomic E-state index is 11.8. The van der Waals surface area contributed by atoms with Crippen molar-refractivity contribution >= 4 is 48.3 Å². The molecule has 0 aliphatic carbocycles. The predicted octanol–water partition coefficient (Wildman–Crippen LogP) is -3.04. The summed E-state index contributed by atoms with van der Waals surface area (Å²) in [7, 11) is 0. The van der Waals surface area contributed by atoms with E-state index in [-0.39, 0.29) is 5.75 Å². The molecule has 0 saturated heterocycles. The van der Waals surface area contributed by atoms with E-state index in [1.165, 1.54) is 0 Å². The molecule has 152 valence electrons. The Morgan fingerprint density at radius 2 is 1.41 bits per heavy atom. The second-order valence-electron chi connectivity index (χ2n) is 5.12. The van der Waals surface area contributed by atoms with Crippen molar-refractivity contribution in [3.63, 3.8) is 0 Å². The summed E-state index contributed by atoms with van der Waals surface area (Å²) >= 11 is 3.85. The molecule has 0 aliphatic heterocycles. The number of carboxylic acids is 4. The van der Waals surface area contributed by atoms with Gasteiger partial charge in [0.15, 0.2) is 0 Å². The van der Waals surface area contributed by atoms with Crippen molar-refractivity contribution in [2.24, 2.45) is 0 Å². The SMILES string of the molecule is O=C(O)CNC(=O)[C@H](CS)NC(=O)CC[C@H](NC(C(=O)O)C(=O)O)C(=O)O. The summed E-state index contributed by atoms with van der Waals surface area (Å²) in [6, 6.07) is -5.01. The van der Waals surface area contributed by atoms with E-state index in [9.17, 15) is 28.8 Å². The average Bonchev–Trinajstić information content (AvgIpc) is 2.56. The van der Waals surface area contributed by atoms with Gasteiger partial charge in [0.05, 0.1) is 0 Å². The Hall–Kier alpha value is -2.87. The minimum absolute atomic E-state index is 0.169. The highest BCUT2D eigenvalue weighted by Gasteiger charge is 2.31. The molecule has 0 rings (SSSR count). The second-order valence-corrected chi connectivity index (χ2v) is 5.49. The zero-order valence-corrected chi connectivity index (χ0v) is 14.6. The van der Waals surface area contributed by atoms with Gasteiger partial charge >= 0.3 is 23.9 Å². The van der Waals surface area contributed by atoms with Crippen LogP contribution in [0.15, 0.2) is 0 Å². The molecular formula is C13H19N3O10S. The number of hydrogen-bond acceptors (Lipinski definition) is 8. The van der Waals surface area contributed by atoms with E-state index < -0.39 is 73.2 Å². The molecule has 2 atom stereocenters. The van der Waals surface area contributed by atoms with Crippen LogP contribution in [0.3, 0.4) is 0 Å². The molecule has 0 spiro atoms. The normalized spacial score (nSPS) is 12.7. The molecule has 0 aliphatic rings. The molecular weight excluding hydrogens is 390 g/mol. The molecule has 7 N–H and O–H groups in total. The van der Waals surface area contributed by atoms with E-state index in [0.717, 1.165) is 0 Å². The smallest absolute Gasteiger partial charge is 0.332 e. The van der Waals surface area contributed by atoms with Gasteiger partial charge in [-0.3, -0.25) is 24.5 Å². The monoisotopic (exact) mass is 409 g/mol. The zero-order valence-electron chi connectivity index (χ0n) is 13.7. The number of hydrogen-bond donors (Lipinski definition) is 8. The van der Waals surface area contributed by atoms with Crippen LogP contribution in [0.2, 0.25) is 0 Å². The number of amides is 2. The summed E-state index contributed by atoms with van der Waals surface area (Å²) in [6.07, 6.45) is -0.944. The van der Waals surface area contributed by atoms with Crippen LogP contribution in [0.25, 0.3) is 0 Å². The maximum Gasteiger partial charge on any atom is 0.332 e. The lowest BCUT2D eigenvalue weighted by Crippen LogP contribution is -2.52. The highest BCUT2D eigenvalue weighted by Crippen LogP contribution is 2.02. The number of nitrogens with one attached hydrogen (secondary N) is 3. The van der Waals surface area contributed by atoms with Gasteiger partial charge in [0, 0.05) is 12.2 Å². The molecule has 0 heterocycles. The van der Waals surface area contributed by atoms with E-state index in [1.807, 2.05) is 10.6 Å².